The number of anilines is 1. The lowest BCUT2D eigenvalue weighted by Crippen LogP contribution is -2.62. The number of nitrogens with zero attached hydrogens (tertiary/aromatic N) is 2. The van der Waals surface area contributed by atoms with Gasteiger partial charge < -0.3 is 14.5 Å². The van der Waals surface area contributed by atoms with Crippen molar-refractivity contribution < 1.29 is 18.7 Å². The minimum absolute atomic E-state index is 0.00147. The van der Waals surface area contributed by atoms with Gasteiger partial charge in [0.25, 0.3) is 5.91 Å². The van der Waals surface area contributed by atoms with Crippen molar-refractivity contribution >= 4 is 17.5 Å². The van der Waals surface area contributed by atoms with Gasteiger partial charge in [-0.15, -0.1) is 0 Å². The molecule has 3 aliphatic rings. The predicted octanol–water partition coefficient (Wildman–Crippen LogP) is 3.52. The van der Waals surface area contributed by atoms with Crippen molar-refractivity contribution in [3.8, 4) is 0 Å². The molecule has 1 saturated carbocycles. The van der Waals surface area contributed by atoms with E-state index in [9.17, 15) is 14.0 Å². The Kier molecular flexibility index (Phi) is 5.67. The monoisotopic (exact) mass is 388 g/mol. The van der Waals surface area contributed by atoms with Crippen LogP contribution in [0.15, 0.2) is 24.3 Å². The second-order valence-electron chi connectivity index (χ2n) is 8.54. The molecule has 6 heteroatoms. The van der Waals surface area contributed by atoms with E-state index in [4.69, 9.17) is 4.74 Å². The summed E-state index contributed by atoms with van der Waals surface area (Å²) in [5, 5.41) is 0. The maximum absolute atomic E-state index is 13.3. The molecule has 2 saturated heterocycles. The minimum Gasteiger partial charge on any atom is -0.361 e. The van der Waals surface area contributed by atoms with Crippen molar-refractivity contribution in [2.45, 2.75) is 57.0 Å². The number of rotatable bonds is 4. The number of amides is 2. The lowest BCUT2D eigenvalue weighted by molar-refractivity contribution is -0.153. The third-order valence-electron chi connectivity index (χ3n) is 6.52. The molecule has 2 heterocycles. The van der Waals surface area contributed by atoms with Crippen LogP contribution in [0.3, 0.4) is 0 Å². The second kappa shape index (κ2) is 8.19. The molecule has 1 unspecified atom stereocenters. The van der Waals surface area contributed by atoms with E-state index < -0.39 is 5.60 Å². The van der Waals surface area contributed by atoms with Crippen LogP contribution in [0.25, 0.3) is 0 Å². The van der Waals surface area contributed by atoms with Crippen LogP contribution < -0.4 is 4.90 Å². The number of ether oxygens (including phenoxy) is 1. The zero-order chi connectivity index (χ0) is 19.6. The minimum atomic E-state index is -0.524. The predicted molar refractivity (Wildman–Crippen MR) is 104 cm³/mol. The van der Waals surface area contributed by atoms with Crippen molar-refractivity contribution in [2.24, 2.45) is 5.92 Å². The van der Waals surface area contributed by atoms with Gasteiger partial charge in [0.05, 0.1) is 13.1 Å². The maximum atomic E-state index is 13.3. The number of hydrogen-bond donors (Lipinski definition) is 0. The summed E-state index contributed by atoms with van der Waals surface area (Å²) in [6, 6.07) is 5.98. The van der Waals surface area contributed by atoms with Crippen molar-refractivity contribution in [1.82, 2.24) is 4.90 Å². The zero-order valence-electron chi connectivity index (χ0n) is 16.4. The molecule has 152 valence electrons. The zero-order valence-corrected chi connectivity index (χ0v) is 16.4. The average molecular weight is 388 g/mol. The summed E-state index contributed by atoms with van der Waals surface area (Å²) >= 11 is 0. The van der Waals surface area contributed by atoms with E-state index in [1.54, 1.807) is 17.0 Å². The van der Waals surface area contributed by atoms with Crippen molar-refractivity contribution in [3.63, 3.8) is 0 Å². The molecule has 0 bridgehead atoms. The number of morpholine rings is 1. The number of carbonyl (C=O) groups excluding carboxylic acids is 2. The van der Waals surface area contributed by atoms with Gasteiger partial charge in [0.1, 0.15) is 18.0 Å². The lowest BCUT2D eigenvalue weighted by Gasteiger charge is -2.47. The van der Waals surface area contributed by atoms with Gasteiger partial charge in [0.15, 0.2) is 0 Å². The van der Waals surface area contributed by atoms with E-state index in [1.165, 1.54) is 37.8 Å². The quantitative estimate of drug-likeness (QED) is 0.793. The Morgan fingerprint density at radius 3 is 2.64 bits per heavy atom. The Morgan fingerprint density at radius 2 is 1.89 bits per heavy atom. The first-order valence-corrected chi connectivity index (χ1v) is 10.5. The highest BCUT2D eigenvalue weighted by Gasteiger charge is 2.44. The summed E-state index contributed by atoms with van der Waals surface area (Å²) in [7, 11) is 0. The Hall–Kier alpha value is -1.95. The molecular formula is C22H29FN2O3. The largest absolute Gasteiger partial charge is 0.361 e. The van der Waals surface area contributed by atoms with E-state index in [1.807, 2.05) is 4.90 Å². The van der Waals surface area contributed by atoms with Gasteiger partial charge in [-0.1, -0.05) is 25.7 Å². The molecule has 4 rings (SSSR count). The first kappa shape index (κ1) is 19.4. The number of hydrogen-bond acceptors (Lipinski definition) is 3. The van der Waals surface area contributed by atoms with Crippen LogP contribution in [-0.4, -0.2) is 48.6 Å². The Balaban J connectivity index is 1.40. The fraction of sp³-hybridized carbons (Fsp3) is 0.636. The van der Waals surface area contributed by atoms with Gasteiger partial charge in [0.2, 0.25) is 5.91 Å². The van der Waals surface area contributed by atoms with Crippen LogP contribution >= 0.6 is 0 Å². The van der Waals surface area contributed by atoms with Crippen LogP contribution in [-0.2, 0) is 14.3 Å². The first-order valence-electron chi connectivity index (χ1n) is 10.5. The average Bonchev–Trinajstić information content (AvgIpc) is 3.23. The van der Waals surface area contributed by atoms with Gasteiger partial charge in [0, 0.05) is 18.7 Å². The fourth-order valence-corrected chi connectivity index (χ4v) is 4.91. The third kappa shape index (κ3) is 4.22. The molecule has 3 fully saturated rings. The van der Waals surface area contributed by atoms with Gasteiger partial charge in [-0.3, -0.25) is 9.59 Å². The molecular weight excluding hydrogens is 359 g/mol. The normalized spacial score (nSPS) is 26.2. The number of piperidine rings is 1. The summed E-state index contributed by atoms with van der Waals surface area (Å²) in [6.45, 7) is 1.70. The number of benzene rings is 1. The highest BCUT2D eigenvalue weighted by atomic mass is 19.1. The lowest BCUT2D eigenvalue weighted by atomic mass is 9.89. The van der Waals surface area contributed by atoms with E-state index in [-0.39, 0.29) is 24.2 Å². The maximum Gasteiger partial charge on any atom is 0.253 e. The third-order valence-corrected chi connectivity index (χ3v) is 6.52. The SMILES string of the molecule is O=C(CCC1CCCC1)N1CCCC2(C1)CN(c1ccc(F)cc1)C(=O)CO2. The fourth-order valence-electron chi connectivity index (χ4n) is 4.91. The van der Waals surface area contributed by atoms with Crippen molar-refractivity contribution in [3.05, 3.63) is 30.1 Å². The van der Waals surface area contributed by atoms with E-state index >= 15 is 0 Å². The molecule has 1 atom stereocenters. The Bertz CT molecular complexity index is 717. The highest BCUT2D eigenvalue weighted by Crippen LogP contribution is 2.33. The van der Waals surface area contributed by atoms with Gasteiger partial charge >= 0.3 is 0 Å². The summed E-state index contributed by atoms with van der Waals surface area (Å²) in [5.41, 5.74) is 0.155. The number of carbonyl (C=O) groups is 2. The van der Waals surface area contributed by atoms with Gasteiger partial charge in [-0.05, 0) is 49.4 Å². The van der Waals surface area contributed by atoms with Crippen LogP contribution in [0.1, 0.15) is 51.4 Å². The summed E-state index contributed by atoms with van der Waals surface area (Å²) < 4.78 is 19.2. The highest BCUT2D eigenvalue weighted by molar-refractivity contribution is 5.95. The van der Waals surface area contributed by atoms with Crippen LogP contribution in [0, 0.1) is 11.7 Å². The smallest absolute Gasteiger partial charge is 0.253 e. The Morgan fingerprint density at radius 1 is 1.14 bits per heavy atom. The summed E-state index contributed by atoms with van der Waals surface area (Å²) in [6.07, 6.45) is 8.42. The first-order chi connectivity index (χ1) is 13.5. The summed E-state index contributed by atoms with van der Waals surface area (Å²) in [5.74, 6) is 0.470. The Labute approximate surface area is 165 Å². The molecule has 1 aromatic carbocycles. The van der Waals surface area contributed by atoms with Crippen LogP contribution in [0.5, 0.6) is 0 Å². The molecule has 2 aliphatic heterocycles. The van der Waals surface area contributed by atoms with Crippen molar-refractivity contribution in [2.75, 3.05) is 31.1 Å². The molecule has 1 aliphatic carbocycles. The molecule has 5 nitrogen and oxygen atoms in total. The molecule has 28 heavy (non-hydrogen) atoms. The van der Waals surface area contributed by atoms with Gasteiger partial charge in [-0.2, -0.15) is 0 Å². The number of halogens is 1. The van der Waals surface area contributed by atoms with Crippen LogP contribution in [0.4, 0.5) is 10.1 Å². The van der Waals surface area contributed by atoms with Crippen LogP contribution in [0.2, 0.25) is 0 Å². The molecule has 0 aromatic heterocycles. The summed E-state index contributed by atoms with van der Waals surface area (Å²) in [4.78, 5) is 28.8. The molecule has 2 amide bonds. The van der Waals surface area contributed by atoms with Gasteiger partial charge in [-0.25, -0.2) is 4.39 Å². The molecule has 1 aromatic rings. The van der Waals surface area contributed by atoms with E-state index in [2.05, 4.69) is 0 Å². The molecule has 0 radical (unpaired) electrons. The standard InChI is InChI=1S/C22H29FN2O3/c23-18-7-9-19(10-8-18)25-16-22(28-14-21(25)27)12-3-13-24(15-22)20(26)11-6-17-4-1-2-5-17/h7-10,17H,1-6,11-16H2. The molecule has 0 N–H and O–H groups in total. The van der Waals surface area contributed by atoms with E-state index in [0.717, 1.165) is 25.8 Å². The number of likely N-dealkylation sites (tertiary alicyclic amines) is 1. The van der Waals surface area contributed by atoms with E-state index in [0.29, 0.717) is 31.1 Å². The topological polar surface area (TPSA) is 49.9 Å². The van der Waals surface area contributed by atoms with Crippen molar-refractivity contribution in [1.29, 1.82) is 0 Å². The second-order valence-corrected chi connectivity index (χ2v) is 8.54. The molecule has 1 spiro atoms.